The number of alkyl halides is 3. The number of halogens is 3. The molecule has 0 bridgehead atoms. The topological polar surface area (TPSA) is 95.9 Å². The van der Waals surface area contributed by atoms with Crippen molar-refractivity contribution in [2.75, 3.05) is 19.1 Å². The van der Waals surface area contributed by atoms with Gasteiger partial charge in [0.1, 0.15) is 5.88 Å². The fourth-order valence-corrected chi connectivity index (χ4v) is 6.88. The highest BCUT2D eigenvalue weighted by Gasteiger charge is 2.52. The standard InChI is InChI=1S/C22H29F3N2O5S/c1-14(28)21(7-4-18(11-21)26-17-5-8-32-9-6-17)20(29)27-12-15-10-16(22(23,24)25)2-3-19(15)33(30,31)13-27/h2-3,10,14,17-18,26,28H,4-9,11-13H2,1H3/t14?,18-,21+/m1/s1. The van der Waals surface area contributed by atoms with Crippen molar-refractivity contribution in [1.29, 1.82) is 0 Å². The third kappa shape index (κ3) is 4.78. The largest absolute Gasteiger partial charge is 0.416 e. The first-order valence-electron chi connectivity index (χ1n) is 11.2. The molecule has 1 aromatic rings. The Labute approximate surface area is 191 Å². The van der Waals surface area contributed by atoms with Gasteiger partial charge in [-0.25, -0.2) is 8.42 Å². The number of nitrogens with one attached hydrogen (secondary N) is 1. The van der Waals surface area contributed by atoms with Crippen molar-refractivity contribution in [3.05, 3.63) is 29.3 Å². The summed E-state index contributed by atoms with van der Waals surface area (Å²) in [6.45, 7) is 2.60. The minimum Gasteiger partial charge on any atom is -0.392 e. The van der Waals surface area contributed by atoms with E-state index in [0.717, 1.165) is 35.9 Å². The summed E-state index contributed by atoms with van der Waals surface area (Å²) in [5.41, 5.74) is -2.20. The van der Waals surface area contributed by atoms with E-state index >= 15 is 0 Å². The molecule has 2 heterocycles. The van der Waals surface area contributed by atoms with Crippen molar-refractivity contribution in [2.45, 2.75) is 74.8 Å². The van der Waals surface area contributed by atoms with E-state index in [2.05, 4.69) is 5.32 Å². The van der Waals surface area contributed by atoms with Gasteiger partial charge in [0.15, 0.2) is 9.84 Å². The summed E-state index contributed by atoms with van der Waals surface area (Å²) in [4.78, 5) is 14.5. The fraction of sp³-hybridized carbons (Fsp3) is 0.682. The summed E-state index contributed by atoms with van der Waals surface area (Å²) < 4.78 is 70.5. The SMILES string of the molecule is CC(O)[C@]1(C(=O)N2Cc3cc(C(F)(F)F)ccc3S(=O)(=O)C2)CC[C@@H](NC2CCOCC2)C1. The van der Waals surface area contributed by atoms with Gasteiger partial charge >= 0.3 is 6.18 Å². The fourth-order valence-electron chi connectivity index (χ4n) is 5.32. The van der Waals surface area contributed by atoms with E-state index < -0.39 is 44.9 Å². The lowest BCUT2D eigenvalue weighted by Crippen LogP contribution is -2.52. The molecule has 4 rings (SSSR count). The minimum atomic E-state index is -4.62. The molecular weight excluding hydrogens is 461 g/mol. The number of ether oxygens (including phenoxy) is 1. The molecule has 3 aliphatic rings. The molecule has 1 saturated heterocycles. The van der Waals surface area contributed by atoms with Gasteiger partial charge in [-0.3, -0.25) is 4.79 Å². The van der Waals surface area contributed by atoms with Crippen LogP contribution in [0.1, 0.15) is 50.2 Å². The first-order chi connectivity index (χ1) is 15.4. The van der Waals surface area contributed by atoms with E-state index in [-0.39, 0.29) is 29.1 Å². The van der Waals surface area contributed by atoms with E-state index in [1.54, 1.807) is 0 Å². The predicted molar refractivity (Wildman–Crippen MR) is 113 cm³/mol. The molecule has 11 heteroatoms. The molecule has 1 unspecified atom stereocenters. The molecule has 1 saturated carbocycles. The molecule has 33 heavy (non-hydrogen) atoms. The number of carbonyl (C=O) groups is 1. The van der Waals surface area contributed by atoms with Crippen molar-refractivity contribution in [1.82, 2.24) is 10.2 Å². The first-order valence-corrected chi connectivity index (χ1v) is 12.8. The third-order valence-electron chi connectivity index (χ3n) is 7.16. The smallest absolute Gasteiger partial charge is 0.392 e. The molecule has 2 N–H and O–H groups in total. The number of rotatable bonds is 4. The molecular formula is C22H29F3N2O5S. The average molecular weight is 491 g/mol. The van der Waals surface area contributed by atoms with Crippen LogP contribution in [0.15, 0.2) is 23.1 Å². The Bertz CT molecular complexity index is 1010. The zero-order valence-corrected chi connectivity index (χ0v) is 19.2. The molecule has 2 aliphatic heterocycles. The van der Waals surface area contributed by atoms with Crippen molar-refractivity contribution in [2.24, 2.45) is 5.41 Å². The van der Waals surface area contributed by atoms with E-state index in [9.17, 15) is 31.5 Å². The van der Waals surface area contributed by atoms with Gasteiger partial charge in [-0.05, 0) is 62.8 Å². The van der Waals surface area contributed by atoms with Crippen LogP contribution >= 0.6 is 0 Å². The molecule has 1 aromatic carbocycles. The molecule has 0 aromatic heterocycles. The van der Waals surface area contributed by atoms with Crippen molar-refractivity contribution < 1.29 is 36.2 Å². The van der Waals surface area contributed by atoms with Gasteiger partial charge in [-0.15, -0.1) is 0 Å². The number of aliphatic hydroxyl groups is 1. The van der Waals surface area contributed by atoms with Crippen LogP contribution in [-0.2, 0) is 32.1 Å². The van der Waals surface area contributed by atoms with Gasteiger partial charge in [0.05, 0.1) is 22.0 Å². The van der Waals surface area contributed by atoms with E-state index in [1.165, 1.54) is 6.92 Å². The lowest BCUT2D eigenvalue weighted by Gasteiger charge is -2.39. The number of benzene rings is 1. The summed E-state index contributed by atoms with van der Waals surface area (Å²) in [6.07, 6.45) is -2.59. The number of sulfone groups is 1. The van der Waals surface area contributed by atoms with Gasteiger partial charge in [-0.1, -0.05) is 0 Å². The second-order valence-corrected chi connectivity index (χ2v) is 11.3. The second-order valence-electron chi connectivity index (χ2n) is 9.39. The van der Waals surface area contributed by atoms with Gasteiger partial charge in [0.2, 0.25) is 5.91 Å². The predicted octanol–water partition coefficient (Wildman–Crippen LogP) is 2.47. The lowest BCUT2D eigenvalue weighted by molar-refractivity contribution is -0.148. The summed E-state index contributed by atoms with van der Waals surface area (Å²) in [5.74, 6) is -1.14. The number of nitrogens with zero attached hydrogens (tertiary/aromatic N) is 1. The van der Waals surface area contributed by atoms with E-state index in [1.807, 2.05) is 0 Å². The monoisotopic (exact) mass is 490 g/mol. The Morgan fingerprint density at radius 3 is 2.58 bits per heavy atom. The van der Waals surface area contributed by atoms with Crippen LogP contribution in [0.4, 0.5) is 13.2 Å². The van der Waals surface area contributed by atoms with Crippen LogP contribution < -0.4 is 5.32 Å². The lowest BCUT2D eigenvalue weighted by atomic mass is 9.79. The van der Waals surface area contributed by atoms with Crippen LogP contribution in [0.25, 0.3) is 0 Å². The number of hydrogen-bond donors (Lipinski definition) is 2. The van der Waals surface area contributed by atoms with Crippen LogP contribution in [0.2, 0.25) is 0 Å². The third-order valence-corrected chi connectivity index (χ3v) is 8.88. The maximum absolute atomic E-state index is 13.6. The number of hydrogen-bond acceptors (Lipinski definition) is 6. The van der Waals surface area contributed by atoms with Crippen LogP contribution in [0.5, 0.6) is 0 Å². The van der Waals surface area contributed by atoms with Gasteiger partial charge < -0.3 is 20.1 Å². The summed E-state index contributed by atoms with van der Waals surface area (Å²) in [6, 6.07) is 2.74. The number of fused-ring (bicyclic) bond motifs is 1. The molecule has 0 radical (unpaired) electrons. The summed E-state index contributed by atoms with van der Waals surface area (Å²) in [5, 5.41) is 14.1. The van der Waals surface area contributed by atoms with Crippen LogP contribution in [0.3, 0.4) is 0 Å². The molecule has 3 atom stereocenters. The molecule has 1 amide bonds. The zero-order chi connectivity index (χ0) is 24.0. The van der Waals surface area contributed by atoms with E-state index in [4.69, 9.17) is 4.74 Å². The molecule has 7 nitrogen and oxygen atoms in total. The first kappa shape index (κ1) is 24.4. The van der Waals surface area contributed by atoms with E-state index in [0.29, 0.717) is 32.5 Å². The molecule has 1 aliphatic carbocycles. The Morgan fingerprint density at radius 1 is 1.24 bits per heavy atom. The average Bonchev–Trinajstić information content (AvgIpc) is 3.17. The van der Waals surface area contributed by atoms with Crippen molar-refractivity contribution in [3.63, 3.8) is 0 Å². The van der Waals surface area contributed by atoms with Gasteiger partial charge in [-0.2, -0.15) is 13.2 Å². The van der Waals surface area contributed by atoms with Crippen molar-refractivity contribution >= 4 is 15.7 Å². The highest BCUT2D eigenvalue weighted by molar-refractivity contribution is 7.91. The van der Waals surface area contributed by atoms with Crippen LogP contribution in [0, 0.1) is 5.41 Å². The van der Waals surface area contributed by atoms with Gasteiger partial charge in [0, 0.05) is 31.8 Å². The Balaban J connectivity index is 1.57. The van der Waals surface area contributed by atoms with Crippen LogP contribution in [-0.4, -0.2) is 61.6 Å². The number of carbonyl (C=O) groups excluding carboxylic acids is 1. The number of amides is 1. The van der Waals surface area contributed by atoms with Gasteiger partial charge in [0.25, 0.3) is 0 Å². The van der Waals surface area contributed by atoms with Crippen molar-refractivity contribution in [3.8, 4) is 0 Å². The second kappa shape index (κ2) is 8.83. The highest BCUT2D eigenvalue weighted by atomic mass is 32.2. The maximum atomic E-state index is 13.6. The maximum Gasteiger partial charge on any atom is 0.416 e. The normalized spacial score (nSPS) is 29.0. The molecule has 184 valence electrons. The molecule has 2 fully saturated rings. The Morgan fingerprint density at radius 2 is 1.94 bits per heavy atom. The number of aliphatic hydroxyl groups excluding tert-OH is 1. The quantitative estimate of drug-likeness (QED) is 0.673. The summed E-state index contributed by atoms with van der Waals surface area (Å²) in [7, 11) is -3.99. The highest BCUT2D eigenvalue weighted by Crippen LogP contribution is 2.45. The Kier molecular flexibility index (Phi) is 6.54. The molecule has 0 spiro atoms. The Hall–Kier alpha value is -1.69. The minimum absolute atomic E-state index is 0.0165. The zero-order valence-electron chi connectivity index (χ0n) is 18.4. The summed E-state index contributed by atoms with van der Waals surface area (Å²) >= 11 is 0.